The van der Waals surface area contributed by atoms with E-state index >= 15 is 0 Å². The normalized spacial score (nSPS) is 18.9. The maximum Gasteiger partial charge on any atom is 0.238 e. The summed E-state index contributed by atoms with van der Waals surface area (Å²) in [7, 11) is 0. The van der Waals surface area contributed by atoms with E-state index in [9.17, 15) is 9.59 Å². The average molecular weight is 366 g/mol. The maximum atomic E-state index is 12.6. The summed E-state index contributed by atoms with van der Waals surface area (Å²) >= 11 is 1.65. The Labute approximate surface area is 158 Å². The minimum atomic E-state index is -0.0159. The third kappa shape index (κ3) is 3.23. The monoisotopic (exact) mass is 366 g/mol. The van der Waals surface area contributed by atoms with Gasteiger partial charge in [0.2, 0.25) is 11.8 Å². The summed E-state index contributed by atoms with van der Waals surface area (Å²) in [5.41, 5.74) is 5.66. The van der Waals surface area contributed by atoms with E-state index in [2.05, 4.69) is 23.5 Å². The molecule has 1 heterocycles. The highest BCUT2D eigenvalue weighted by Crippen LogP contribution is 2.42. The van der Waals surface area contributed by atoms with Crippen molar-refractivity contribution in [3.05, 3.63) is 59.2 Å². The van der Waals surface area contributed by atoms with Crippen LogP contribution in [-0.4, -0.2) is 17.6 Å². The van der Waals surface area contributed by atoms with Gasteiger partial charge in [-0.25, -0.2) is 0 Å². The van der Waals surface area contributed by atoms with Crippen molar-refractivity contribution in [2.75, 3.05) is 16.0 Å². The second kappa shape index (κ2) is 7.16. The lowest BCUT2D eigenvalue weighted by Gasteiger charge is -2.25. The van der Waals surface area contributed by atoms with E-state index in [4.69, 9.17) is 0 Å². The summed E-state index contributed by atoms with van der Waals surface area (Å²) < 4.78 is 0. The topological polar surface area (TPSA) is 49.4 Å². The maximum absolute atomic E-state index is 12.6. The number of nitrogens with zero attached hydrogens (tertiary/aromatic N) is 1. The predicted octanol–water partition coefficient (Wildman–Crippen LogP) is 4.30. The molecule has 1 N–H and O–H groups in total. The van der Waals surface area contributed by atoms with Gasteiger partial charge in [-0.15, -0.1) is 11.8 Å². The number of thioether (sulfide) groups is 1. The van der Waals surface area contributed by atoms with Crippen molar-refractivity contribution in [1.82, 2.24) is 0 Å². The van der Waals surface area contributed by atoms with Crippen LogP contribution in [0.25, 0.3) is 0 Å². The first-order chi connectivity index (χ1) is 12.7. The summed E-state index contributed by atoms with van der Waals surface area (Å²) in [6.45, 7) is 1.83. The van der Waals surface area contributed by atoms with Gasteiger partial charge in [-0.2, -0.15) is 0 Å². The molecule has 26 heavy (non-hydrogen) atoms. The smallest absolute Gasteiger partial charge is 0.238 e. The van der Waals surface area contributed by atoms with Crippen molar-refractivity contribution in [2.24, 2.45) is 0 Å². The number of nitrogens with one attached hydrogen (secondary N) is 1. The second-order valence-electron chi connectivity index (χ2n) is 6.76. The van der Waals surface area contributed by atoms with E-state index < -0.39 is 0 Å². The number of fused-ring (bicyclic) bond motifs is 1. The molecule has 5 heteroatoms. The fraction of sp³-hybridized carbons (Fsp3) is 0.333. The largest absolute Gasteiger partial charge is 0.326 e. The fourth-order valence-electron chi connectivity index (χ4n) is 3.64. The van der Waals surface area contributed by atoms with E-state index in [1.807, 2.05) is 36.1 Å². The van der Waals surface area contributed by atoms with Gasteiger partial charge in [0.05, 0.1) is 5.75 Å². The van der Waals surface area contributed by atoms with Crippen LogP contribution in [0.15, 0.2) is 42.5 Å². The molecule has 1 fully saturated rings. The van der Waals surface area contributed by atoms with Gasteiger partial charge in [0.1, 0.15) is 5.37 Å². The fourth-order valence-corrected chi connectivity index (χ4v) is 4.82. The van der Waals surface area contributed by atoms with E-state index in [1.54, 1.807) is 11.8 Å². The predicted molar refractivity (Wildman–Crippen MR) is 107 cm³/mol. The molecule has 2 aromatic carbocycles. The van der Waals surface area contributed by atoms with Crippen molar-refractivity contribution in [1.29, 1.82) is 0 Å². The molecule has 2 aromatic rings. The number of benzene rings is 2. The van der Waals surface area contributed by atoms with Crippen LogP contribution in [0, 0.1) is 0 Å². The van der Waals surface area contributed by atoms with Crippen LogP contribution in [0.5, 0.6) is 0 Å². The van der Waals surface area contributed by atoms with Gasteiger partial charge >= 0.3 is 0 Å². The standard InChI is InChI=1S/C21H22N2O2S/c1-2-19(24)22-17-9-6-15(7-10-17)21-23(20(25)13-26-21)18-11-8-14-4-3-5-16(14)12-18/h6-12,21H,2-5,13H2,1H3,(H,22,24)/t21-/m0/s1. The lowest BCUT2D eigenvalue weighted by molar-refractivity contribution is -0.116. The highest BCUT2D eigenvalue weighted by molar-refractivity contribution is 8.00. The van der Waals surface area contributed by atoms with E-state index in [0.29, 0.717) is 12.2 Å². The summed E-state index contributed by atoms with van der Waals surface area (Å²) in [4.78, 5) is 26.0. The molecule has 4 rings (SSSR count). The molecule has 0 aromatic heterocycles. The Morgan fingerprint density at radius 3 is 2.69 bits per heavy atom. The van der Waals surface area contributed by atoms with Crippen LogP contribution in [0.2, 0.25) is 0 Å². The van der Waals surface area contributed by atoms with Crippen LogP contribution >= 0.6 is 11.8 Å². The Balaban J connectivity index is 1.59. The molecule has 0 bridgehead atoms. The molecule has 1 aliphatic carbocycles. The molecule has 2 aliphatic rings. The lowest BCUT2D eigenvalue weighted by atomic mass is 10.1. The number of hydrogen-bond donors (Lipinski definition) is 1. The molecule has 4 nitrogen and oxygen atoms in total. The van der Waals surface area contributed by atoms with Crippen molar-refractivity contribution in [3.63, 3.8) is 0 Å². The van der Waals surface area contributed by atoms with E-state index in [1.165, 1.54) is 17.5 Å². The Morgan fingerprint density at radius 2 is 1.92 bits per heavy atom. The SMILES string of the molecule is CCC(=O)Nc1ccc([C@@H]2SCC(=O)N2c2ccc3c(c2)CCC3)cc1. The number of carbonyl (C=O) groups excluding carboxylic acids is 2. The van der Waals surface area contributed by atoms with Crippen molar-refractivity contribution in [3.8, 4) is 0 Å². The minimum absolute atomic E-state index is 0.00272. The molecular formula is C21H22N2O2S. The molecule has 0 spiro atoms. The zero-order chi connectivity index (χ0) is 18.1. The van der Waals surface area contributed by atoms with Gasteiger partial charge in [-0.05, 0) is 60.2 Å². The molecule has 0 unspecified atom stereocenters. The first-order valence-electron chi connectivity index (χ1n) is 9.11. The van der Waals surface area contributed by atoms with Crippen molar-refractivity contribution in [2.45, 2.75) is 38.0 Å². The third-order valence-electron chi connectivity index (χ3n) is 5.03. The Hall–Kier alpha value is -2.27. The number of carbonyl (C=O) groups is 2. The van der Waals surface area contributed by atoms with E-state index in [-0.39, 0.29) is 17.2 Å². The van der Waals surface area contributed by atoms with E-state index in [0.717, 1.165) is 29.8 Å². The summed E-state index contributed by atoms with van der Waals surface area (Å²) in [6.07, 6.45) is 3.91. The zero-order valence-corrected chi connectivity index (χ0v) is 15.6. The number of anilines is 2. The molecule has 1 atom stereocenters. The Morgan fingerprint density at radius 1 is 1.15 bits per heavy atom. The minimum Gasteiger partial charge on any atom is -0.326 e. The molecule has 2 amide bonds. The van der Waals surface area contributed by atoms with Crippen molar-refractivity contribution < 1.29 is 9.59 Å². The average Bonchev–Trinajstić information content (AvgIpc) is 3.28. The number of amides is 2. The van der Waals surface area contributed by atoms with Gasteiger partial charge in [0.15, 0.2) is 0 Å². The molecule has 1 aliphatic heterocycles. The van der Waals surface area contributed by atoms with Gasteiger partial charge in [-0.1, -0.05) is 25.1 Å². The van der Waals surface area contributed by atoms with Gasteiger partial charge in [0.25, 0.3) is 0 Å². The van der Waals surface area contributed by atoms with Crippen LogP contribution in [-0.2, 0) is 22.4 Å². The molecule has 0 radical (unpaired) electrons. The summed E-state index contributed by atoms with van der Waals surface area (Å²) in [5.74, 6) is 0.653. The first kappa shape index (κ1) is 17.2. The van der Waals surface area contributed by atoms with Gasteiger partial charge in [0, 0.05) is 17.8 Å². The van der Waals surface area contributed by atoms with Crippen LogP contribution in [0.4, 0.5) is 11.4 Å². The highest BCUT2D eigenvalue weighted by atomic mass is 32.2. The number of aryl methyl sites for hydroxylation is 2. The van der Waals surface area contributed by atoms with Crippen LogP contribution in [0.3, 0.4) is 0 Å². The number of rotatable bonds is 4. The Kier molecular flexibility index (Phi) is 4.72. The van der Waals surface area contributed by atoms with Crippen LogP contribution in [0.1, 0.15) is 41.8 Å². The molecule has 0 saturated carbocycles. The zero-order valence-electron chi connectivity index (χ0n) is 14.8. The number of hydrogen-bond acceptors (Lipinski definition) is 3. The third-order valence-corrected chi connectivity index (χ3v) is 6.24. The molecule has 1 saturated heterocycles. The highest BCUT2D eigenvalue weighted by Gasteiger charge is 2.34. The molecular weight excluding hydrogens is 344 g/mol. The molecule has 134 valence electrons. The second-order valence-corrected chi connectivity index (χ2v) is 7.83. The van der Waals surface area contributed by atoms with Crippen molar-refractivity contribution >= 4 is 35.0 Å². The van der Waals surface area contributed by atoms with Gasteiger partial charge in [-0.3, -0.25) is 14.5 Å². The summed E-state index contributed by atoms with van der Waals surface area (Å²) in [5, 5.41) is 2.85. The lowest BCUT2D eigenvalue weighted by Crippen LogP contribution is -2.27. The summed E-state index contributed by atoms with van der Waals surface area (Å²) in [6, 6.07) is 14.3. The first-order valence-corrected chi connectivity index (χ1v) is 10.2. The van der Waals surface area contributed by atoms with Crippen LogP contribution < -0.4 is 10.2 Å². The van der Waals surface area contributed by atoms with Gasteiger partial charge < -0.3 is 5.32 Å². The Bertz CT molecular complexity index is 848. The quantitative estimate of drug-likeness (QED) is 0.877.